The average Bonchev–Trinajstić information content (AvgIpc) is 2.32. The van der Waals surface area contributed by atoms with E-state index in [0.29, 0.717) is 11.6 Å². The summed E-state index contributed by atoms with van der Waals surface area (Å²) >= 11 is 4.86. The van der Waals surface area contributed by atoms with E-state index in [0.717, 1.165) is 5.75 Å². The minimum absolute atomic E-state index is 0.263. The molecule has 0 atom stereocenters. The van der Waals surface area contributed by atoms with Gasteiger partial charge >= 0.3 is 0 Å². The lowest BCUT2D eigenvalue weighted by Gasteiger charge is -2.06. The molecule has 1 heterocycles. The van der Waals surface area contributed by atoms with Gasteiger partial charge in [0.05, 0.1) is 0 Å². The summed E-state index contributed by atoms with van der Waals surface area (Å²) in [5, 5.41) is 0. The van der Waals surface area contributed by atoms with Crippen LogP contribution in [-0.2, 0) is 0 Å². The van der Waals surface area contributed by atoms with E-state index in [4.69, 9.17) is 22.7 Å². The summed E-state index contributed by atoms with van der Waals surface area (Å²) in [6.07, 6.45) is 0. The molecule has 4 heteroatoms. The molecule has 0 radical (unpaired) electrons. The molecule has 2 aromatic rings. The highest BCUT2D eigenvalue weighted by Crippen LogP contribution is 2.19. The zero-order valence-corrected chi connectivity index (χ0v) is 10.2. The molecule has 2 rings (SSSR count). The van der Waals surface area contributed by atoms with Crippen molar-refractivity contribution in [3.8, 4) is 11.6 Å². The van der Waals surface area contributed by atoms with Crippen LogP contribution in [-0.4, -0.2) is 9.97 Å². The van der Waals surface area contributed by atoms with Crippen molar-refractivity contribution in [1.29, 1.82) is 0 Å². The van der Waals surface area contributed by atoms with E-state index in [1.165, 1.54) is 5.56 Å². The molecule has 1 aromatic carbocycles. The topological polar surface area (TPSA) is 48.1 Å². The predicted octanol–water partition coefficient (Wildman–Crippen LogP) is 2.82. The average molecular weight is 244 g/mol. The van der Waals surface area contributed by atoms with E-state index in [9.17, 15) is 0 Å². The van der Waals surface area contributed by atoms with Crippen molar-refractivity contribution >= 4 is 17.2 Å². The molecule has 0 amide bonds. The number of rotatable bonds is 3. The fourth-order valence-corrected chi connectivity index (χ4v) is 1.45. The van der Waals surface area contributed by atoms with E-state index in [1.54, 1.807) is 12.1 Å². The highest BCUT2D eigenvalue weighted by atomic mass is 32.1. The van der Waals surface area contributed by atoms with Crippen LogP contribution in [0.4, 0.5) is 0 Å². The van der Waals surface area contributed by atoms with Gasteiger partial charge in [0.1, 0.15) is 16.4 Å². The van der Waals surface area contributed by atoms with Crippen LogP contribution in [0, 0.1) is 6.92 Å². The van der Waals surface area contributed by atoms with Gasteiger partial charge in [0.25, 0.3) is 0 Å². The summed E-state index contributed by atoms with van der Waals surface area (Å²) in [7, 11) is 0. The quantitative estimate of drug-likeness (QED) is 0.843. The predicted molar refractivity (Wildman–Crippen MR) is 71.4 cm³/mol. The van der Waals surface area contributed by atoms with E-state index in [-0.39, 0.29) is 4.99 Å². The van der Waals surface area contributed by atoms with Crippen molar-refractivity contribution in [2.75, 3.05) is 0 Å². The number of benzene rings is 1. The molecule has 0 spiro atoms. The van der Waals surface area contributed by atoms with Crippen LogP contribution < -0.4 is 10.5 Å². The van der Waals surface area contributed by atoms with Gasteiger partial charge < -0.3 is 10.5 Å². The molecule has 17 heavy (non-hydrogen) atoms. The Labute approximate surface area is 105 Å². The second-order valence-corrected chi connectivity index (χ2v) is 4.08. The van der Waals surface area contributed by atoms with Crippen molar-refractivity contribution in [3.63, 3.8) is 0 Å². The highest BCUT2D eigenvalue weighted by Gasteiger charge is 2.02. The van der Waals surface area contributed by atoms with Crippen LogP contribution in [0.25, 0.3) is 0 Å². The first kappa shape index (κ1) is 11.5. The van der Waals surface area contributed by atoms with E-state index in [2.05, 4.69) is 4.98 Å². The molecule has 0 saturated carbocycles. The van der Waals surface area contributed by atoms with Crippen molar-refractivity contribution in [1.82, 2.24) is 4.98 Å². The van der Waals surface area contributed by atoms with E-state index >= 15 is 0 Å². The Morgan fingerprint density at radius 1 is 1.18 bits per heavy atom. The fraction of sp³-hybridized carbons (Fsp3) is 0.0769. The summed E-state index contributed by atoms with van der Waals surface area (Å²) in [5.74, 6) is 1.22. The first-order chi connectivity index (χ1) is 8.15. The van der Waals surface area contributed by atoms with Crippen LogP contribution in [0.3, 0.4) is 0 Å². The van der Waals surface area contributed by atoms with Crippen molar-refractivity contribution in [2.45, 2.75) is 6.92 Å². The highest BCUT2D eigenvalue weighted by molar-refractivity contribution is 7.80. The minimum Gasteiger partial charge on any atom is -0.439 e. The van der Waals surface area contributed by atoms with Crippen LogP contribution in [0.15, 0.2) is 42.5 Å². The lowest BCUT2D eigenvalue weighted by atomic mass is 10.2. The second-order valence-electron chi connectivity index (χ2n) is 3.64. The Morgan fingerprint density at radius 2 is 1.88 bits per heavy atom. The van der Waals surface area contributed by atoms with Gasteiger partial charge in [0.2, 0.25) is 5.88 Å². The number of ether oxygens (including phenoxy) is 1. The molecule has 0 aliphatic rings. The van der Waals surface area contributed by atoms with Crippen molar-refractivity contribution in [3.05, 3.63) is 53.7 Å². The van der Waals surface area contributed by atoms with Crippen LogP contribution in [0.2, 0.25) is 0 Å². The Bertz CT molecular complexity index is 537. The molecular formula is C13H12N2OS. The number of pyridine rings is 1. The first-order valence-corrected chi connectivity index (χ1v) is 5.57. The minimum atomic E-state index is 0.263. The molecule has 0 bridgehead atoms. The Balaban J connectivity index is 2.21. The fourth-order valence-electron chi connectivity index (χ4n) is 1.34. The van der Waals surface area contributed by atoms with E-state index in [1.807, 2.05) is 37.3 Å². The van der Waals surface area contributed by atoms with Crippen molar-refractivity contribution < 1.29 is 4.74 Å². The molecule has 0 aliphatic heterocycles. The van der Waals surface area contributed by atoms with Crippen LogP contribution in [0.5, 0.6) is 11.6 Å². The molecule has 2 N–H and O–H groups in total. The summed E-state index contributed by atoms with van der Waals surface area (Å²) in [6, 6.07) is 13.1. The molecular weight excluding hydrogens is 232 g/mol. The van der Waals surface area contributed by atoms with Crippen LogP contribution >= 0.6 is 12.2 Å². The number of thiocarbonyl (C=S) groups is 1. The number of hydrogen-bond donors (Lipinski definition) is 1. The number of aromatic nitrogens is 1. The third-order valence-corrected chi connectivity index (χ3v) is 2.43. The molecule has 0 aliphatic carbocycles. The monoisotopic (exact) mass is 244 g/mol. The molecule has 1 aromatic heterocycles. The lowest BCUT2D eigenvalue weighted by molar-refractivity contribution is 0.462. The second kappa shape index (κ2) is 4.93. The molecule has 0 fully saturated rings. The number of nitrogens with zero attached hydrogens (tertiary/aromatic N) is 1. The Kier molecular flexibility index (Phi) is 3.35. The maximum atomic E-state index is 5.60. The lowest BCUT2D eigenvalue weighted by Crippen LogP contribution is -2.11. The smallest absolute Gasteiger partial charge is 0.219 e. The summed E-state index contributed by atoms with van der Waals surface area (Å²) in [5.41, 5.74) is 7.25. The van der Waals surface area contributed by atoms with E-state index < -0.39 is 0 Å². The third-order valence-electron chi connectivity index (χ3n) is 2.22. The first-order valence-electron chi connectivity index (χ1n) is 5.16. The SMILES string of the molecule is Cc1ccc(Oc2cccc(C(N)=S)n2)cc1. The number of nitrogens with two attached hydrogens (primary N) is 1. The zero-order chi connectivity index (χ0) is 12.3. The zero-order valence-electron chi connectivity index (χ0n) is 9.38. The summed E-state index contributed by atoms with van der Waals surface area (Å²) < 4.78 is 5.60. The van der Waals surface area contributed by atoms with Gasteiger partial charge in [-0.3, -0.25) is 0 Å². The van der Waals surface area contributed by atoms with Gasteiger partial charge in [-0.15, -0.1) is 0 Å². The largest absolute Gasteiger partial charge is 0.439 e. The van der Waals surface area contributed by atoms with Gasteiger partial charge in [-0.05, 0) is 25.1 Å². The molecule has 0 saturated heterocycles. The number of hydrogen-bond acceptors (Lipinski definition) is 3. The molecule has 86 valence electrons. The normalized spacial score (nSPS) is 9.94. The van der Waals surface area contributed by atoms with Gasteiger partial charge in [-0.1, -0.05) is 36.0 Å². The van der Waals surface area contributed by atoms with Gasteiger partial charge in [0.15, 0.2) is 0 Å². The summed E-state index contributed by atoms with van der Waals surface area (Å²) in [6.45, 7) is 2.02. The maximum Gasteiger partial charge on any atom is 0.219 e. The Morgan fingerprint density at radius 3 is 2.53 bits per heavy atom. The maximum absolute atomic E-state index is 5.60. The summed E-state index contributed by atoms with van der Waals surface area (Å²) in [4.78, 5) is 4.46. The van der Waals surface area contributed by atoms with Crippen LogP contribution in [0.1, 0.15) is 11.3 Å². The third kappa shape index (κ3) is 3.01. The Hall–Kier alpha value is -1.94. The standard InChI is InChI=1S/C13H12N2OS/c1-9-5-7-10(8-6-9)16-12-4-2-3-11(15-12)13(14)17/h2-8H,1H3,(H2,14,17). The molecule has 0 unspecified atom stereocenters. The number of aryl methyl sites for hydroxylation is 1. The van der Waals surface area contributed by atoms with Gasteiger partial charge in [-0.2, -0.15) is 0 Å². The van der Waals surface area contributed by atoms with Gasteiger partial charge in [-0.25, -0.2) is 4.98 Å². The van der Waals surface area contributed by atoms with Crippen molar-refractivity contribution in [2.24, 2.45) is 5.73 Å². The van der Waals surface area contributed by atoms with Gasteiger partial charge in [0, 0.05) is 6.07 Å². The molecule has 3 nitrogen and oxygen atoms in total.